The molecule has 2 aliphatic rings. The number of aryl methyl sites for hydroxylation is 3. The lowest BCUT2D eigenvalue weighted by molar-refractivity contribution is 0.0926. The number of nitrogens with zero attached hydrogens (tertiary/aromatic N) is 3. The average molecular weight is 375 g/mol. The molecule has 28 heavy (non-hydrogen) atoms. The molecule has 144 valence electrons. The van der Waals surface area contributed by atoms with Gasteiger partial charge in [-0.1, -0.05) is 6.07 Å². The van der Waals surface area contributed by atoms with Crippen molar-refractivity contribution in [1.29, 1.82) is 0 Å². The third-order valence-electron chi connectivity index (χ3n) is 5.96. The van der Waals surface area contributed by atoms with Crippen LogP contribution < -0.4 is 5.32 Å². The lowest BCUT2D eigenvalue weighted by atomic mass is 9.92. The van der Waals surface area contributed by atoms with Gasteiger partial charge in [-0.2, -0.15) is 10.2 Å². The lowest BCUT2D eigenvalue weighted by Gasteiger charge is -2.24. The van der Waals surface area contributed by atoms with E-state index in [4.69, 9.17) is 0 Å². The van der Waals surface area contributed by atoms with Gasteiger partial charge in [-0.25, -0.2) is 4.68 Å². The van der Waals surface area contributed by atoms with Crippen molar-refractivity contribution in [2.24, 2.45) is 0 Å². The molecule has 3 aromatic rings. The molecule has 2 aliphatic carbocycles. The Morgan fingerprint density at radius 3 is 2.79 bits per heavy atom. The SMILES string of the molecule is Cc1cc(C)cc(-n2ncc3c2CCCC3NC(=O)c2n[nH]c3c2CCC3)c1. The van der Waals surface area contributed by atoms with Crippen LogP contribution in [0.15, 0.2) is 24.4 Å². The largest absolute Gasteiger partial charge is 0.344 e. The summed E-state index contributed by atoms with van der Waals surface area (Å²) >= 11 is 0. The molecule has 1 atom stereocenters. The molecule has 6 heteroatoms. The monoisotopic (exact) mass is 375 g/mol. The Morgan fingerprint density at radius 2 is 1.96 bits per heavy atom. The number of carbonyl (C=O) groups excluding carboxylic acids is 1. The van der Waals surface area contributed by atoms with E-state index in [-0.39, 0.29) is 11.9 Å². The van der Waals surface area contributed by atoms with Crippen LogP contribution in [0.1, 0.15) is 69.4 Å². The van der Waals surface area contributed by atoms with Crippen molar-refractivity contribution in [2.45, 2.75) is 58.4 Å². The smallest absolute Gasteiger partial charge is 0.272 e. The molecule has 0 fully saturated rings. The molecule has 1 aromatic carbocycles. The third kappa shape index (κ3) is 2.84. The predicted octanol–water partition coefficient (Wildman–Crippen LogP) is 3.51. The second-order valence-corrected chi connectivity index (χ2v) is 8.11. The number of hydrogen-bond acceptors (Lipinski definition) is 3. The number of hydrogen-bond donors (Lipinski definition) is 2. The second-order valence-electron chi connectivity index (χ2n) is 8.11. The van der Waals surface area contributed by atoms with E-state index in [0.29, 0.717) is 5.69 Å². The third-order valence-corrected chi connectivity index (χ3v) is 5.96. The highest BCUT2D eigenvalue weighted by Gasteiger charge is 2.29. The van der Waals surface area contributed by atoms with E-state index in [1.807, 2.05) is 10.9 Å². The van der Waals surface area contributed by atoms with Gasteiger partial charge in [0.25, 0.3) is 5.91 Å². The van der Waals surface area contributed by atoms with Gasteiger partial charge in [0.15, 0.2) is 5.69 Å². The number of fused-ring (bicyclic) bond motifs is 2. The van der Waals surface area contributed by atoms with Crippen LogP contribution in [0.4, 0.5) is 0 Å². The Hall–Kier alpha value is -2.89. The highest BCUT2D eigenvalue weighted by atomic mass is 16.2. The zero-order chi connectivity index (χ0) is 19.3. The Balaban J connectivity index is 1.44. The first-order chi connectivity index (χ1) is 13.6. The summed E-state index contributed by atoms with van der Waals surface area (Å²) in [6, 6.07) is 6.49. The van der Waals surface area contributed by atoms with Crippen LogP contribution in [0.2, 0.25) is 0 Å². The van der Waals surface area contributed by atoms with E-state index in [1.54, 1.807) is 0 Å². The zero-order valence-corrected chi connectivity index (χ0v) is 16.4. The van der Waals surface area contributed by atoms with Crippen molar-refractivity contribution < 1.29 is 4.79 Å². The summed E-state index contributed by atoms with van der Waals surface area (Å²) in [5.74, 6) is -0.0728. The van der Waals surface area contributed by atoms with Gasteiger partial charge in [-0.15, -0.1) is 0 Å². The molecule has 0 saturated carbocycles. The Kier molecular flexibility index (Phi) is 4.07. The number of carbonyl (C=O) groups is 1. The summed E-state index contributed by atoms with van der Waals surface area (Å²) in [6.45, 7) is 4.22. The van der Waals surface area contributed by atoms with Gasteiger partial charge in [-0.3, -0.25) is 9.89 Å². The summed E-state index contributed by atoms with van der Waals surface area (Å²) in [7, 11) is 0. The molecule has 0 spiro atoms. The topological polar surface area (TPSA) is 75.6 Å². The molecule has 0 bridgehead atoms. The number of rotatable bonds is 3. The minimum absolute atomic E-state index is 0.00957. The number of nitrogens with one attached hydrogen (secondary N) is 2. The fourth-order valence-electron chi connectivity index (χ4n) is 4.74. The normalized spacial score (nSPS) is 18.0. The maximum Gasteiger partial charge on any atom is 0.272 e. The molecule has 0 radical (unpaired) electrons. The number of amides is 1. The maximum atomic E-state index is 12.9. The summed E-state index contributed by atoms with van der Waals surface area (Å²) in [6.07, 6.45) is 7.90. The van der Waals surface area contributed by atoms with Crippen LogP contribution in [0, 0.1) is 13.8 Å². The second kappa shape index (κ2) is 6.62. The molecular weight excluding hydrogens is 350 g/mol. The van der Waals surface area contributed by atoms with Crippen LogP contribution in [0.5, 0.6) is 0 Å². The number of aromatic amines is 1. The fraction of sp³-hybridized carbons (Fsp3) is 0.409. The molecule has 1 unspecified atom stereocenters. The van der Waals surface area contributed by atoms with Crippen molar-refractivity contribution in [3.63, 3.8) is 0 Å². The van der Waals surface area contributed by atoms with E-state index in [1.165, 1.54) is 16.8 Å². The number of aromatic nitrogens is 4. The van der Waals surface area contributed by atoms with Crippen molar-refractivity contribution in [3.8, 4) is 5.69 Å². The van der Waals surface area contributed by atoms with Crippen LogP contribution in [0.25, 0.3) is 5.69 Å². The van der Waals surface area contributed by atoms with Gasteiger partial charge in [0.1, 0.15) is 0 Å². The fourth-order valence-corrected chi connectivity index (χ4v) is 4.74. The van der Waals surface area contributed by atoms with Gasteiger partial charge in [-0.05, 0) is 75.6 Å². The molecule has 6 nitrogen and oxygen atoms in total. The molecule has 0 aliphatic heterocycles. The van der Waals surface area contributed by atoms with Gasteiger partial charge in [0.05, 0.1) is 17.9 Å². The van der Waals surface area contributed by atoms with Crippen LogP contribution in [-0.4, -0.2) is 25.9 Å². The highest BCUT2D eigenvalue weighted by Crippen LogP contribution is 2.32. The van der Waals surface area contributed by atoms with Crippen LogP contribution in [0.3, 0.4) is 0 Å². The van der Waals surface area contributed by atoms with Crippen LogP contribution >= 0.6 is 0 Å². The first kappa shape index (κ1) is 17.2. The minimum Gasteiger partial charge on any atom is -0.344 e. The van der Waals surface area contributed by atoms with Gasteiger partial charge in [0, 0.05) is 22.5 Å². The average Bonchev–Trinajstić information content (AvgIpc) is 3.36. The van der Waals surface area contributed by atoms with Gasteiger partial charge >= 0.3 is 0 Å². The van der Waals surface area contributed by atoms with E-state index < -0.39 is 0 Å². The standard InChI is InChI=1S/C22H25N5O/c1-13-9-14(2)11-15(10-13)27-20-8-4-6-18(17(20)12-23-27)24-22(28)21-16-5-3-7-19(16)25-26-21/h9-12,18H,3-8H2,1-2H3,(H,24,28)(H,25,26). The van der Waals surface area contributed by atoms with Gasteiger partial charge in [0.2, 0.25) is 0 Å². The molecule has 0 saturated heterocycles. The maximum absolute atomic E-state index is 12.9. The molecule has 2 N–H and O–H groups in total. The Bertz CT molecular complexity index is 1040. The quantitative estimate of drug-likeness (QED) is 0.736. The highest BCUT2D eigenvalue weighted by molar-refractivity contribution is 5.94. The van der Waals surface area contributed by atoms with Gasteiger partial charge < -0.3 is 5.32 Å². The summed E-state index contributed by atoms with van der Waals surface area (Å²) in [4.78, 5) is 12.9. The summed E-state index contributed by atoms with van der Waals surface area (Å²) in [5, 5.41) is 15.2. The van der Waals surface area contributed by atoms with Crippen molar-refractivity contribution >= 4 is 5.91 Å². The van der Waals surface area contributed by atoms with Crippen LogP contribution in [-0.2, 0) is 19.3 Å². The number of benzene rings is 1. The number of H-pyrrole nitrogens is 1. The Labute approximate surface area is 164 Å². The van der Waals surface area contributed by atoms with Crippen molar-refractivity contribution in [3.05, 3.63) is 63.7 Å². The molecule has 2 heterocycles. The van der Waals surface area contributed by atoms with E-state index in [0.717, 1.165) is 61.0 Å². The van der Waals surface area contributed by atoms with E-state index in [2.05, 4.69) is 52.7 Å². The Morgan fingerprint density at radius 1 is 1.14 bits per heavy atom. The summed E-state index contributed by atoms with van der Waals surface area (Å²) < 4.78 is 2.04. The van der Waals surface area contributed by atoms with Crippen molar-refractivity contribution in [1.82, 2.24) is 25.3 Å². The molecule has 5 rings (SSSR count). The first-order valence-corrected chi connectivity index (χ1v) is 10.1. The lowest BCUT2D eigenvalue weighted by Crippen LogP contribution is -2.31. The predicted molar refractivity (Wildman–Crippen MR) is 107 cm³/mol. The molecule has 2 aromatic heterocycles. The molecular formula is C22H25N5O. The van der Waals surface area contributed by atoms with E-state index in [9.17, 15) is 4.79 Å². The molecule has 1 amide bonds. The van der Waals surface area contributed by atoms with Crippen molar-refractivity contribution in [2.75, 3.05) is 0 Å². The summed E-state index contributed by atoms with van der Waals surface area (Å²) in [5.41, 5.74) is 8.67. The zero-order valence-electron chi connectivity index (χ0n) is 16.4. The first-order valence-electron chi connectivity index (χ1n) is 10.1. The minimum atomic E-state index is -0.0728. The van der Waals surface area contributed by atoms with E-state index >= 15 is 0 Å².